The first-order valence-corrected chi connectivity index (χ1v) is 11.1. The van der Waals surface area contributed by atoms with Crippen LogP contribution in [0.25, 0.3) is 28.2 Å². The quantitative estimate of drug-likeness (QED) is 0.318. The Labute approximate surface area is 202 Å². The summed E-state index contributed by atoms with van der Waals surface area (Å²) in [6.45, 7) is 7.36. The third-order valence-electron chi connectivity index (χ3n) is 5.22. The maximum absolute atomic E-state index is 13.8. The first kappa shape index (κ1) is 23.9. The van der Waals surface area contributed by atoms with Gasteiger partial charge in [-0.3, -0.25) is 0 Å². The van der Waals surface area contributed by atoms with Gasteiger partial charge in [0.2, 0.25) is 0 Å². The van der Waals surface area contributed by atoms with Gasteiger partial charge in [-0.2, -0.15) is 5.10 Å². The number of aromatic nitrogens is 3. The number of aryl methyl sites for hydroxylation is 1. The van der Waals surface area contributed by atoms with Gasteiger partial charge in [0.1, 0.15) is 5.82 Å². The van der Waals surface area contributed by atoms with Gasteiger partial charge < -0.3 is 9.47 Å². The molecule has 176 valence electrons. The van der Waals surface area contributed by atoms with E-state index in [-0.39, 0.29) is 5.82 Å². The molecule has 0 saturated heterocycles. The van der Waals surface area contributed by atoms with Gasteiger partial charge in [-0.1, -0.05) is 23.7 Å². The van der Waals surface area contributed by atoms with Gasteiger partial charge in [0.05, 0.1) is 24.1 Å². The second-order valence-electron chi connectivity index (χ2n) is 8.91. The van der Waals surface area contributed by atoms with E-state index in [4.69, 9.17) is 31.2 Å². The Kier molecular flexibility index (Phi) is 6.43. The molecule has 0 saturated carbocycles. The fourth-order valence-corrected chi connectivity index (χ4v) is 4.00. The highest BCUT2D eigenvalue weighted by Gasteiger charge is 2.34. The molecule has 4 aromatic rings. The molecule has 34 heavy (non-hydrogen) atoms. The van der Waals surface area contributed by atoms with Crippen LogP contribution in [0.5, 0.6) is 0 Å². The lowest BCUT2D eigenvalue weighted by Gasteiger charge is -2.28. The molecule has 0 aliphatic carbocycles. The van der Waals surface area contributed by atoms with E-state index in [0.717, 1.165) is 5.56 Å². The molecule has 4 rings (SSSR count). The van der Waals surface area contributed by atoms with Crippen molar-refractivity contribution in [3.05, 3.63) is 76.7 Å². The van der Waals surface area contributed by atoms with Crippen LogP contribution in [-0.4, -0.2) is 33.3 Å². The summed E-state index contributed by atoms with van der Waals surface area (Å²) in [4.78, 5) is 17.6. The van der Waals surface area contributed by atoms with E-state index >= 15 is 0 Å². The van der Waals surface area contributed by atoms with Gasteiger partial charge in [0.25, 0.3) is 0 Å². The lowest BCUT2D eigenvalue weighted by Crippen LogP contribution is -2.29. The zero-order valence-electron chi connectivity index (χ0n) is 19.6. The number of hydrogen-bond acceptors (Lipinski definition) is 5. The van der Waals surface area contributed by atoms with Crippen molar-refractivity contribution in [1.29, 1.82) is 0 Å². The van der Waals surface area contributed by atoms with E-state index in [1.807, 2.05) is 45.0 Å². The molecule has 0 amide bonds. The summed E-state index contributed by atoms with van der Waals surface area (Å²) < 4.78 is 26.7. The number of nitrogens with zero attached hydrogens (tertiary/aromatic N) is 3. The van der Waals surface area contributed by atoms with Crippen LogP contribution in [0.1, 0.15) is 38.1 Å². The molecule has 0 fully saturated rings. The summed E-state index contributed by atoms with van der Waals surface area (Å²) in [5, 5.41) is 5.37. The van der Waals surface area contributed by atoms with Crippen LogP contribution in [0, 0.1) is 12.7 Å². The standard InChI is InChI=1S/C26H25ClFN3O3/c1-15-22(24(25(32)33-5)34-26(2,3)4)23(16-9-11-19(28)12-10-16)31-21(29-15)14-20(30-31)17-7-6-8-18(27)13-17/h6-14,24H,1-5H3. The molecular formula is C26H25ClFN3O3. The monoisotopic (exact) mass is 481 g/mol. The number of rotatable bonds is 5. The first-order chi connectivity index (χ1) is 16.1. The third-order valence-corrected chi connectivity index (χ3v) is 5.45. The number of hydrogen-bond donors (Lipinski definition) is 0. The topological polar surface area (TPSA) is 65.7 Å². The van der Waals surface area contributed by atoms with Crippen LogP contribution >= 0.6 is 11.6 Å². The largest absolute Gasteiger partial charge is 0.467 e. The highest BCUT2D eigenvalue weighted by Crippen LogP contribution is 2.36. The average molecular weight is 482 g/mol. The third kappa shape index (κ3) is 4.81. The van der Waals surface area contributed by atoms with Gasteiger partial charge in [-0.25, -0.2) is 18.7 Å². The Morgan fingerprint density at radius 1 is 1.09 bits per heavy atom. The minimum atomic E-state index is -1.07. The molecule has 0 radical (unpaired) electrons. The van der Waals surface area contributed by atoms with Gasteiger partial charge >= 0.3 is 5.97 Å². The van der Waals surface area contributed by atoms with Crippen LogP contribution in [0.3, 0.4) is 0 Å². The minimum Gasteiger partial charge on any atom is -0.467 e. The van der Waals surface area contributed by atoms with Gasteiger partial charge in [-0.15, -0.1) is 0 Å². The SMILES string of the molecule is COC(=O)C(OC(C)(C)C)c1c(C)nc2cc(-c3cccc(Cl)c3)nn2c1-c1ccc(F)cc1. The predicted octanol–water partition coefficient (Wildman–Crippen LogP) is 6.19. The van der Waals surface area contributed by atoms with Crippen molar-refractivity contribution in [2.75, 3.05) is 7.11 Å². The molecule has 0 N–H and O–H groups in total. The van der Waals surface area contributed by atoms with Crippen molar-refractivity contribution in [3.8, 4) is 22.5 Å². The highest BCUT2D eigenvalue weighted by atomic mass is 35.5. The van der Waals surface area contributed by atoms with Gasteiger partial charge in [-0.05, 0) is 64.1 Å². The van der Waals surface area contributed by atoms with Crippen molar-refractivity contribution in [3.63, 3.8) is 0 Å². The summed E-state index contributed by atoms with van der Waals surface area (Å²) in [5.74, 6) is -0.937. The summed E-state index contributed by atoms with van der Waals surface area (Å²) in [6.07, 6.45) is -1.07. The Morgan fingerprint density at radius 2 is 1.79 bits per heavy atom. The lowest BCUT2D eigenvalue weighted by atomic mass is 9.99. The van der Waals surface area contributed by atoms with E-state index in [1.165, 1.54) is 19.2 Å². The van der Waals surface area contributed by atoms with E-state index in [9.17, 15) is 9.18 Å². The second-order valence-corrected chi connectivity index (χ2v) is 9.35. The zero-order valence-corrected chi connectivity index (χ0v) is 20.4. The molecular weight excluding hydrogens is 457 g/mol. The average Bonchev–Trinajstić information content (AvgIpc) is 3.20. The number of carbonyl (C=O) groups excluding carboxylic acids is 1. The fraction of sp³-hybridized carbons (Fsp3) is 0.269. The van der Waals surface area contributed by atoms with Crippen molar-refractivity contribution in [1.82, 2.24) is 14.6 Å². The van der Waals surface area contributed by atoms with Crippen molar-refractivity contribution >= 4 is 23.2 Å². The van der Waals surface area contributed by atoms with Crippen LogP contribution in [-0.2, 0) is 14.3 Å². The smallest absolute Gasteiger partial charge is 0.339 e. The Morgan fingerprint density at radius 3 is 2.41 bits per heavy atom. The molecule has 0 bridgehead atoms. The molecule has 1 unspecified atom stereocenters. The Balaban J connectivity index is 2.04. The minimum absolute atomic E-state index is 0.372. The van der Waals surface area contributed by atoms with Gasteiger partial charge in [0, 0.05) is 33.5 Å². The maximum Gasteiger partial charge on any atom is 0.339 e. The number of ether oxygens (including phenoxy) is 2. The zero-order chi connectivity index (χ0) is 24.6. The van der Waals surface area contributed by atoms with Crippen LogP contribution in [0.15, 0.2) is 54.6 Å². The molecule has 2 aromatic heterocycles. The predicted molar refractivity (Wildman–Crippen MR) is 129 cm³/mol. The normalized spacial score (nSPS) is 12.7. The summed E-state index contributed by atoms with van der Waals surface area (Å²) >= 11 is 6.19. The van der Waals surface area contributed by atoms with Crippen molar-refractivity contribution < 1.29 is 18.7 Å². The summed E-state index contributed by atoms with van der Waals surface area (Å²) in [6, 6.07) is 15.2. The maximum atomic E-state index is 13.8. The molecule has 0 spiro atoms. The molecule has 2 aromatic carbocycles. The number of methoxy groups -OCH3 is 1. The second kappa shape index (κ2) is 9.16. The van der Waals surface area contributed by atoms with Crippen LogP contribution in [0.2, 0.25) is 5.02 Å². The first-order valence-electron chi connectivity index (χ1n) is 10.7. The van der Waals surface area contributed by atoms with E-state index in [1.54, 1.807) is 29.6 Å². The molecule has 0 aliphatic heterocycles. The summed E-state index contributed by atoms with van der Waals surface area (Å²) in [5.41, 5.74) is 3.67. The number of carbonyl (C=O) groups is 1. The van der Waals surface area contributed by atoms with Crippen LogP contribution in [0.4, 0.5) is 4.39 Å². The summed E-state index contributed by atoms with van der Waals surface area (Å²) in [7, 11) is 1.31. The molecule has 8 heteroatoms. The molecule has 1 atom stereocenters. The number of benzene rings is 2. The fourth-order valence-electron chi connectivity index (χ4n) is 3.81. The van der Waals surface area contributed by atoms with Gasteiger partial charge in [0.15, 0.2) is 11.8 Å². The van der Waals surface area contributed by atoms with Crippen molar-refractivity contribution in [2.24, 2.45) is 0 Å². The molecule has 0 aliphatic rings. The van der Waals surface area contributed by atoms with E-state index in [0.29, 0.717) is 38.9 Å². The van der Waals surface area contributed by atoms with Crippen molar-refractivity contribution in [2.45, 2.75) is 39.4 Å². The van der Waals surface area contributed by atoms with E-state index in [2.05, 4.69) is 0 Å². The number of halogens is 2. The number of fused-ring (bicyclic) bond motifs is 1. The molecule has 2 heterocycles. The highest BCUT2D eigenvalue weighted by molar-refractivity contribution is 6.30. The number of esters is 1. The van der Waals surface area contributed by atoms with Crippen LogP contribution < -0.4 is 0 Å². The molecule has 6 nitrogen and oxygen atoms in total. The Bertz CT molecular complexity index is 1360. The lowest BCUT2D eigenvalue weighted by molar-refractivity contribution is -0.164. The Hall–Kier alpha value is -3.29. The van der Waals surface area contributed by atoms with E-state index < -0.39 is 17.7 Å².